The van der Waals surface area contributed by atoms with Gasteiger partial charge < -0.3 is 4.90 Å². The van der Waals surface area contributed by atoms with E-state index in [-0.39, 0.29) is 0 Å². The lowest BCUT2D eigenvalue weighted by atomic mass is 9.96. The van der Waals surface area contributed by atoms with Gasteiger partial charge in [0.15, 0.2) is 0 Å². The molecule has 0 radical (unpaired) electrons. The van der Waals surface area contributed by atoms with Gasteiger partial charge in [-0.3, -0.25) is 0 Å². The molecule has 0 saturated heterocycles. The first-order valence-electron chi connectivity index (χ1n) is 3.83. The van der Waals surface area contributed by atoms with Crippen LogP contribution in [-0.4, -0.2) is 25.0 Å². The molecule has 0 aromatic rings. The Hall–Kier alpha value is 0.180. The molecular formula is C9H18BrN. The Balaban J connectivity index is 3.69. The van der Waals surface area contributed by atoms with E-state index in [1.54, 1.807) is 0 Å². The third-order valence-electron chi connectivity index (χ3n) is 1.19. The van der Waals surface area contributed by atoms with Crippen molar-refractivity contribution in [1.29, 1.82) is 0 Å². The number of hydrogen-bond donors (Lipinski definition) is 0. The second-order valence-corrected chi connectivity index (χ2v) is 5.37. The fourth-order valence-electron chi connectivity index (χ4n) is 1.16. The van der Waals surface area contributed by atoms with Crippen LogP contribution in [0.1, 0.15) is 20.8 Å². The summed E-state index contributed by atoms with van der Waals surface area (Å²) in [5.41, 5.74) is 0.372. The number of rotatable bonds is 3. The summed E-state index contributed by atoms with van der Waals surface area (Å²) in [6.07, 6.45) is 0. The van der Waals surface area contributed by atoms with Crippen LogP contribution >= 0.6 is 15.9 Å². The van der Waals surface area contributed by atoms with Gasteiger partial charge in [-0.1, -0.05) is 43.3 Å². The molecule has 0 rings (SSSR count). The van der Waals surface area contributed by atoms with Crippen LogP contribution in [0.3, 0.4) is 0 Å². The minimum Gasteiger partial charge on any atom is -0.301 e. The normalized spacial score (nSPS) is 12.2. The molecule has 0 atom stereocenters. The summed E-state index contributed by atoms with van der Waals surface area (Å²) in [7, 11) is 2.11. The van der Waals surface area contributed by atoms with E-state index in [4.69, 9.17) is 0 Å². The van der Waals surface area contributed by atoms with Crippen molar-refractivity contribution in [3.63, 3.8) is 0 Å². The lowest BCUT2D eigenvalue weighted by Crippen LogP contribution is -2.30. The summed E-state index contributed by atoms with van der Waals surface area (Å²) >= 11 is 3.35. The molecule has 0 aromatic heterocycles. The molecule has 0 aliphatic heterocycles. The Labute approximate surface area is 78.6 Å². The highest BCUT2D eigenvalue weighted by Gasteiger charge is 2.12. The Morgan fingerprint density at radius 1 is 1.45 bits per heavy atom. The van der Waals surface area contributed by atoms with E-state index in [1.165, 1.54) is 0 Å². The van der Waals surface area contributed by atoms with Gasteiger partial charge in [-0.05, 0) is 12.5 Å². The lowest BCUT2D eigenvalue weighted by molar-refractivity contribution is 0.244. The van der Waals surface area contributed by atoms with Gasteiger partial charge in [-0.25, -0.2) is 0 Å². The molecule has 66 valence electrons. The minimum atomic E-state index is 0.372. The first-order valence-corrected chi connectivity index (χ1v) is 4.62. The minimum absolute atomic E-state index is 0.372. The zero-order valence-electron chi connectivity index (χ0n) is 7.95. The molecule has 0 aliphatic carbocycles. The maximum absolute atomic E-state index is 3.80. The van der Waals surface area contributed by atoms with Crippen molar-refractivity contribution in [1.82, 2.24) is 4.90 Å². The van der Waals surface area contributed by atoms with Crippen molar-refractivity contribution >= 4 is 15.9 Å². The van der Waals surface area contributed by atoms with Crippen LogP contribution in [0.25, 0.3) is 0 Å². The van der Waals surface area contributed by atoms with Gasteiger partial charge in [0.1, 0.15) is 0 Å². The number of likely N-dealkylation sites (N-methyl/N-ethyl adjacent to an activating group) is 1. The summed E-state index contributed by atoms with van der Waals surface area (Å²) in [6.45, 7) is 12.5. The van der Waals surface area contributed by atoms with E-state index >= 15 is 0 Å². The number of halogens is 1. The van der Waals surface area contributed by atoms with E-state index in [0.29, 0.717) is 5.41 Å². The second-order valence-electron chi connectivity index (χ2n) is 4.25. The molecule has 0 aliphatic rings. The first-order chi connectivity index (χ1) is 4.81. The van der Waals surface area contributed by atoms with Crippen LogP contribution in [0.5, 0.6) is 0 Å². The third-order valence-corrected chi connectivity index (χ3v) is 1.44. The smallest absolute Gasteiger partial charge is 0.0291 e. The molecule has 0 heterocycles. The van der Waals surface area contributed by atoms with Crippen LogP contribution in [0.15, 0.2) is 11.1 Å². The van der Waals surface area contributed by atoms with Gasteiger partial charge >= 0.3 is 0 Å². The Morgan fingerprint density at radius 2 is 1.91 bits per heavy atom. The maximum atomic E-state index is 3.80. The van der Waals surface area contributed by atoms with Gasteiger partial charge in [-0.2, -0.15) is 0 Å². The molecule has 11 heavy (non-hydrogen) atoms. The van der Waals surface area contributed by atoms with Gasteiger partial charge in [-0.15, -0.1) is 0 Å². The molecule has 0 spiro atoms. The SMILES string of the molecule is C=C(Br)CN(C)CC(C)(C)C. The molecule has 0 bridgehead atoms. The average Bonchev–Trinajstić information content (AvgIpc) is 1.53. The third kappa shape index (κ3) is 8.08. The lowest BCUT2D eigenvalue weighted by Gasteiger charge is -2.26. The quantitative estimate of drug-likeness (QED) is 0.706. The van der Waals surface area contributed by atoms with E-state index < -0.39 is 0 Å². The van der Waals surface area contributed by atoms with E-state index in [0.717, 1.165) is 17.6 Å². The van der Waals surface area contributed by atoms with E-state index in [9.17, 15) is 0 Å². The molecule has 2 heteroatoms. The van der Waals surface area contributed by atoms with Crippen molar-refractivity contribution in [2.24, 2.45) is 5.41 Å². The highest BCUT2D eigenvalue weighted by Crippen LogP contribution is 2.15. The van der Waals surface area contributed by atoms with E-state index in [1.807, 2.05) is 0 Å². The molecule has 0 saturated carbocycles. The molecule has 1 nitrogen and oxygen atoms in total. The van der Waals surface area contributed by atoms with Gasteiger partial charge in [0.05, 0.1) is 0 Å². The molecule has 0 aromatic carbocycles. The zero-order chi connectivity index (χ0) is 9.07. The van der Waals surface area contributed by atoms with Gasteiger partial charge in [0.25, 0.3) is 0 Å². The molecule has 0 amide bonds. The van der Waals surface area contributed by atoms with Crippen LogP contribution in [-0.2, 0) is 0 Å². The predicted octanol–water partition coefficient (Wildman–Crippen LogP) is 2.87. The van der Waals surface area contributed by atoms with Crippen molar-refractivity contribution in [3.8, 4) is 0 Å². The molecule has 0 unspecified atom stereocenters. The van der Waals surface area contributed by atoms with Crippen molar-refractivity contribution in [3.05, 3.63) is 11.1 Å². The zero-order valence-corrected chi connectivity index (χ0v) is 9.53. The predicted molar refractivity (Wildman–Crippen MR) is 55.0 cm³/mol. The van der Waals surface area contributed by atoms with Crippen molar-refractivity contribution in [2.45, 2.75) is 20.8 Å². The summed E-state index contributed by atoms with van der Waals surface area (Å²) in [6, 6.07) is 0. The summed E-state index contributed by atoms with van der Waals surface area (Å²) < 4.78 is 1.05. The number of nitrogens with zero attached hydrogens (tertiary/aromatic N) is 1. The van der Waals surface area contributed by atoms with E-state index in [2.05, 4.69) is 55.2 Å². The topological polar surface area (TPSA) is 3.24 Å². The second kappa shape index (κ2) is 4.27. The molecular weight excluding hydrogens is 202 g/mol. The first kappa shape index (κ1) is 11.2. The van der Waals surface area contributed by atoms with Gasteiger partial charge in [0.2, 0.25) is 0 Å². The largest absolute Gasteiger partial charge is 0.301 e. The molecule has 0 N–H and O–H groups in total. The highest BCUT2D eigenvalue weighted by molar-refractivity contribution is 9.11. The Bertz CT molecular complexity index is 135. The monoisotopic (exact) mass is 219 g/mol. The van der Waals surface area contributed by atoms with Crippen molar-refractivity contribution in [2.75, 3.05) is 20.1 Å². The van der Waals surface area contributed by atoms with Crippen LogP contribution in [0, 0.1) is 5.41 Å². The summed E-state index contributed by atoms with van der Waals surface area (Å²) in [5, 5.41) is 0. The summed E-state index contributed by atoms with van der Waals surface area (Å²) in [4.78, 5) is 2.26. The Kier molecular flexibility index (Phi) is 4.34. The van der Waals surface area contributed by atoms with Crippen LogP contribution < -0.4 is 0 Å². The van der Waals surface area contributed by atoms with Gasteiger partial charge in [0, 0.05) is 17.6 Å². The fraction of sp³-hybridized carbons (Fsp3) is 0.778. The number of hydrogen-bond acceptors (Lipinski definition) is 1. The average molecular weight is 220 g/mol. The highest BCUT2D eigenvalue weighted by atomic mass is 79.9. The van der Waals surface area contributed by atoms with Crippen molar-refractivity contribution < 1.29 is 0 Å². The summed E-state index contributed by atoms with van der Waals surface area (Å²) in [5.74, 6) is 0. The standard InChI is InChI=1S/C9H18BrN/c1-8(10)6-11(5)7-9(2,3)4/h1,6-7H2,2-5H3. The van der Waals surface area contributed by atoms with Crippen LogP contribution in [0.2, 0.25) is 0 Å². The maximum Gasteiger partial charge on any atom is 0.0291 e. The molecule has 0 fully saturated rings. The van der Waals surface area contributed by atoms with Crippen LogP contribution in [0.4, 0.5) is 0 Å². The Morgan fingerprint density at radius 3 is 2.18 bits per heavy atom. The fourth-order valence-corrected chi connectivity index (χ4v) is 1.59.